The SMILES string of the molecule is CC[C@@]1(O)C(=O)OCc2c1cc1n(c2=O)Cc2cc3c4c(ccc3nc2-1)O[C@@H]1OCCC[C@H]1C4. The molecule has 0 unspecified atom stereocenters. The van der Waals surface area contributed by atoms with Gasteiger partial charge in [-0.25, -0.2) is 9.78 Å². The van der Waals surface area contributed by atoms with Gasteiger partial charge < -0.3 is 23.9 Å². The summed E-state index contributed by atoms with van der Waals surface area (Å²) >= 11 is 0. The van der Waals surface area contributed by atoms with Crippen LogP contribution in [-0.2, 0) is 39.4 Å². The lowest BCUT2D eigenvalue weighted by atomic mass is 9.86. The average molecular weight is 460 g/mol. The molecule has 3 atom stereocenters. The molecule has 0 amide bonds. The van der Waals surface area contributed by atoms with E-state index in [1.54, 1.807) is 17.6 Å². The second-order valence-corrected chi connectivity index (χ2v) is 9.67. The van der Waals surface area contributed by atoms with Gasteiger partial charge in [0.25, 0.3) is 5.56 Å². The van der Waals surface area contributed by atoms with Gasteiger partial charge in [-0.3, -0.25) is 4.79 Å². The molecule has 0 bridgehead atoms. The molecule has 4 aliphatic heterocycles. The third-order valence-electron chi connectivity index (χ3n) is 7.86. The lowest BCUT2D eigenvalue weighted by Gasteiger charge is -2.36. The fraction of sp³-hybridized carbons (Fsp3) is 0.423. The van der Waals surface area contributed by atoms with Crippen LogP contribution in [0.25, 0.3) is 22.3 Å². The van der Waals surface area contributed by atoms with E-state index in [0.29, 0.717) is 35.0 Å². The molecular weight excluding hydrogens is 436 g/mol. The summed E-state index contributed by atoms with van der Waals surface area (Å²) in [6, 6.07) is 7.75. The zero-order valence-electron chi connectivity index (χ0n) is 18.8. The molecule has 6 heterocycles. The molecule has 0 radical (unpaired) electrons. The quantitative estimate of drug-likeness (QED) is 0.436. The van der Waals surface area contributed by atoms with E-state index in [0.717, 1.165) is 53.6 Å². The number of rotatable bonds is 1. The molecule has 0 aliphatic carbocycles. The molecule has 0 saturated carbocycles. The van der Waals surface area contributed by atoms with E-state index >= 15 is 0 Å². The lowest BCUT2D eigenvalue weighted by Crippen LogP contribution is -2.44. The second kappa shape index (κ2) is 6.90. The van der Waals surface area contributed by atoms with Crippen LogP contribution in [0.1, 0.15) is 48.4 Å². The van der Waals surface area contributed by atoms with Crippen molar-refractivity contribution >= 4 is 16.9 Å². The van der Waals surface area contributed by atoms with Gasteiger partial charge in [0.1, 0.15) is 12.4 Å². The number of ether oxygens (including phenoxy) is 3. The average Bonchev–Trinajstić information content (AvgIpc) is 3.22. The van der Waals surface area contributed by atoms with Crippen molar-refractivity contribution in [1.29, 1.82) is 0 Å². The predicted octanol–water partition coefficient (Wildman–Crippen LogP) is 2.77. The van der Waals surface area contributed by atoms with Gasteiger partial charge in [0, 0.05) is 28.0 Å². The van der Waals surface area contributed by atoms with Crippen LogP contribution in [0.3, 0.4) is 0 Å². The van der Waals surface area contributed by atoms with Gasteiger partial charge in [0.2, 0.25) is 6.29 Å². The van der Waals surface area contributed by atoms with Crippen molar-refractivity contribution in [2.45, 2.75) is 57.6 Å². The predicted molar refractivity (Wildman–Crippen MR) is 121 cm³/mol. The number of hydrogen-bond acceptors (Lipinski definition) is 7. The Morgan fingerprint density at radius 1 is 1.24 bits per heavy atom. The third-order valence-corrected chi connectivity index (χ3v) is 7.86. The van der Waals surface area contributed by atoms with Gasteiger partial charge in [0.05, 0.1) is 35.6 Å². The summed E-state index contributed by atoms with van der Waals surface area (Å²) in [7, 11) is 0. The number of aliphatic hydroxyl groups is 1. The standard InChI is InChI=1S/C26H24N2O6/c1-2-26(31)18-10-20-22-14(11-28(20)23(29)17(18)12-33-25(26)30)9-15-16-8-13-4-3-7-32-24(13)34-21(16)6-5-19(15)27-22/h5-6,9-10,13,24,31H,2-4,7-8,11-12H2,1H3/t13-,24-,26-/m0/s1. The fourth-order valence-corrected chi connectivity index (χ4v) is 5.95. The largest absolute Gasteiger partial charge is 0.464 e. The summed E-state index contributed by atoms with van der Waals surface area (Å²) < 4.78 is 18.8. The van der Waals surface area contributed by atoms with Crippen LogP contribution in [0.2, 0.25) is 0 Å². The lowest BCUT2D eigenvalue weighted by molar-refractivity contribution is -0.172. The van der Waals surface area contributed by atoms with Crippen molar-refractivity contribution < 1.29 is 24.1 Å². The first kappa shape index (κ1) is 20.2. The smallest absolute Gasteiger partial charge is 0.343 e. The minimum absolute atomic E-state index is 0.123. The Bertz CT molecular complexity index is 1460. The van der Waals surface area contributed by atoms with E-state index in [-0.39, 0.29) is 24.9 Å². The number of cyclic esters (lactones) is 1. The number of aromatic nitrogens is 2. The summed E-state index contributed by atoms with van der Waals surface area (Å²) in [5.74, 6) is 0.452. The van der Waals surface area contributed by atoms with Crippen LogP contribution < -0.4 is 10.3 Å². The van der Waals surface area contributed by atoms with Crippen LogP contribution in [0.4, 0.5) is 0 Å². The molecule has 3 aromatic rings. The molecule has 1 aromatic carbocycles. The monoisotopic (exact) mass is 460 g/mol. The van der Waals surface area contributed by atoms with Gasteiger partial charge in [0.15, 0.2) is 5.60 Å². The number of carbonyl (C=O) groups is 1. The highest BCUT2D eigenvalue weighted by Gasteiger charge is 2.45. The highest BCUT2D eigenvalue weighted by molar-refractivity contribution is 5.89. The number of carbonyl (C=O) groups excluding carboxylic acids is 1. The molecule has 4 aliphatic rings. The zero-order chi connectivity index (χ0) is 23.2. The minimum atomic E-state index is -1.82. The topological polar surface area (TPSA) is 99.9 Å². The maximum absolute atomic E-state index is 13.4. The van der Waals surface area contributed by atoms with Gasteiger partial charge in [-0.15, -0.1) is 0 Å². The Morgan fingerprint density at radius 3 is 2.97 bits per heavy atom. The van der Waals surface area contributed by atoms with E-state index in [4.69, 9.17) is 19.2 Å². The molecular formula is C26H24N2O6. The number of pyridine rings is 2. The number of nitrogens with zero attached hydrogens (tertiary/aromatic N) is 2. The van der Waals surface area contributed by atoms with Crippen molar-refractivity contribution in [2.75, 3.05) is 6.61 Å². The maximum atomic E-state index is 13.4. The van der Waals surface area contributed by atoms with Gasteiger partial charge >= 0.3 is 5.97 Å². The van der Waals surface area contributed by atoms with E-state index in [9.17, 15) is 14.7 Å². The van der Waals surface area contributed by atoms with Gasteiger partial charge in [-0.05, 0) is 49.9 Å². The fourth-order valence-electron chi connectivity index (χ4n) is 5.95. The number of fused-ring (bicyclic) bond motifs is 8. The summed E-state index contributed by atoms with van der Waals surface area (Å²) in [5.41, 5.74) is 2.84. The maximum Gasteiger partial charge on any atom is 0.343 e. The Balaban J connectivity index is 1.39. The van der Waals surface area contributed by atoms with Crippen LogP contribution in [0.15, 0.2) is 29.1 Å². The Labute approximate surface area is 195 Å². The number of benzene rings is 1. The first-order chi connectivity index (χ1) is 16.5. The molecule has 8 nitrogen and oxygen atoms in total. The molecule has 174 valence electrons. The van der Waals surface area contributed by atoms with E-state index in [1.165, 1.54) is 0 Å². The van der Waals surface area contributed by atoms with Gasteiger partial charge in [-0.2, -0.15) is 0 Å². The van der Waals surface area contributed by atoms with Crippen molar-refractivity contribution in [3.8, 4) is 17.1 Å². The zero-order valence-corrected chi connectivity index (χ0v) is 18.8. The first-order valence-corrected chi connectivity index (χ1v) is 11.9. The Morgan fingerprint density at radius 2 is 2.12 bits per heavy atom. The number of esters is 1. The van der Waals surface area contributed by atoms with Crippen molar-refractivity contribution in [1.82, 2.24) is 9.55 Å². The number of hydrogen-bond donors (Lipinski definition) is 1. The highest BCUT2D eigenvalue weighted by Crippen LogP contribution is 2.42. The third kappa shape index (κ3) is 2.58. The van der Waals surface area contributed by atoms with E-state index in [1.807, 2.05) is 12.1 Å². The first-order valence-electron chi connectivity index (χ1n) is 11.9. The minimum Gasteiger partial charge on any atom is -0.464 e. The highest BCUT2D eigenvalue weighted by atomic mass is 16.7. The van der Waals surface area contributed by atoms with Crippen LogP contribution >= 0.6 is 0 Å². The molecule has 1 fully saturated rings. The van der Waals surface area contributed by atoms with Crippen molar-refractivity contribution in [3.63, 3.8) is 0 Å². The molecule has 2 aromatic heterocycles. The van der Waals surface area contributed by atoms with Crippen LogP contribution in [0, 0.1) is 5.92 Å². The second-order valence-electron chi connectivity index (χ2n) is 9.67. The Hall–Kier alpha value is -3.23. The van der Waals surface area contributed by atoms with E-state index in [2.05, 4.69) is 6.07 Å². The molecule has 1 saturated heterocycles. The summed E-state index contributed by atoms with van der Waals surface area (Å²) in [6.07, 6.45) is 2.93. The summed E-state index contributed by atoms with van der Waals surface area (Å²) in [6.45, 7) is 2.70. The van der Waals surface area contributed by atoms with Gasteiger partial charge in [-0.1, -0.05) is 6.92 Å². The van der Waals surface area contributed by atoms with Crippen LogP contribution in [0.5, 0.6) is 5.75 Å². The van der Waals surface area contributed by atoms with E-state index < -0.39 is 11.6 Å². The normalized spacial score (nSPS) is 26.6. The Kier molecular flexibility index (Phi) is 4.09. The molecule has 0 spiro atoms. The molecule has 8 heteroatoms. The molecule has 1 N–H and O–H groups in total. The molecule has 7 rings (SSSR count). The summed E-state index contributed by atoms with van der Waals surface area (Å²) in [4.78, 5) is 30.7. The van der Waals surface area contributed by atoms with Crippen LogP contribution in [-0.4, -0.2) is 33.5 Å². The van der Waals surface area contributed by atoms with Crippen molar-refractivity contribution in [3.05, 3.63) is 56.9 Å². The summed E-state index contributed by atoms with van der Waals surface area (Å²) in [5, 5.41) is 12.1. The molecule has 34 heavy (non-hydrogen) atoms. The van der Waals surface area contributed by atoms with Crippen molar-refractivity contribution in [2.24, 2.45) is 5.92 Å².